The van der Waals surface area contributed by atoms with Gasteiger partial charge in [0.1, 0.15) is 5.75 Å². The van der Waals surface area contributed by atoms with Crippen molar-refractivity contribution in [2.45, 2.75) is 25.7 Å². The molecule has 0 spiro atoms. The van der Waals surface area contributed by atoms with Gasteiger partial charge in [0.25, 0.3) is 0 Å². The van der Waals surface area contributed by atoms with Gasteiger partial charge in [-0.2, -0.15) is 0 Å². The van der Waals surface area contributed by atoms with Crippen LogP contribution in [0, 0.1) is 0 Å². The molecule has 7 nitrogen and oxygen atoms in total. The minimum atomic E-state index is -0.856. The summed E-state index contributed by atoms with van der Waals surface area (Å²) < 4.78 is 5.55. The molecule has 3 N–H and O–H groups in total. The maximum Gasteiger partial charge on any atom is 0.310 e. The Morgan fingerprint density at radius 2 is 2.13 bits per heavy atom. The van der Waals surface area contributed by atoms with Crippen LogP contribution in [0.5, 0.6) is 5.75 Å². The third kappa shape index (κ3) is 5.28. The second-order valence-electron chi connectivity index (χ2n) is 5.29. The number of carboxylic acid groups (broad SMARTS) is 1. The zero-order valence-electron chi connectivity index (χ0n) is 13.0. The normalized spacial score (nSPS) is 14.6. The molecule has 1 aliphatic rings. The highest BCUT2D eigenvalue weighted by molar-refractivity contribution is 5.97. The summed E-state index contributed by atoms with van der Waals surface area (Å²) >= 11 is 0. The summed E-state index contributed by atoms with van der Waals surface area (Å²) in [6, 6.07) is 6.97. The standard InChI is InChI=1S/C16H21N3O4/c1-11(15(21)22)12-4-6-13(7-5-12)23-10-2-3-14(20)19-16-17-8-9-18-16/h4-7,11H,2-3,8-10H2,1H3,(H,21,22)(H2,17,18,19,20). The Morgan fingerprint density at radius 3 is 2.74 bits per heavy atom. The average Bonchev–Trinajstić information content (AvgIpc) is 3.04. The van der Waals surface area contributed by atoms with Gasteiger partial charge in [0.2, 0.25) is 5.91 Å². The summed E-state index contributed by atoms with van der Waals surface area (Å²) in [5.74, 6) is -0.286. The minimum Gasteiger partial charge on any atom is -0.494 e. The number of ether oxygens (including phenoxy) is 1. The summed E-state index contributed by atoms with van der Waals surface area (Å²) in [6.45, 7) is 3.51. The van der Waals surface area contributed by atoms with E-state index in [4.69, 9.17) is 9.84 Å². The molecule has 0 aromatic heterocycles. The van der Waals surface area contributed by atoms with Gasteiger partial charge in [0, 0.05) is 13.0 Å². The number of aliphatic imine (C=N–C) groups is 1. The van der Waals surface area contributed by atoms with E-state index < -0.39 is 11.9 Å². The van der Waals surface area contributed by atoms with E-state index in [1.165, 1.54) is 0 Å². The number of carboxylic acids is 1. The van der Waals surface area contributed by atoms with E-state index in [0.29, 0.717) is 37.7 Å². The Hall–Kier alpha value is -2.57. The van der Waals surface area contributed by atoms with Crippen LogP contribution in [0.1, 0.15) is 31.2 Å². The zero-order valence-corrected chi connectivity index (χ0v) is 13.0. The Labute approximate surface area is 134 Å². The van der Waals surface area contributed by atoms with Gasteiger partial charge in [-0.1, -0.05) is 12.1 Å². The van der Waals surface area contributed by atoms with Crippen molar-refractivity contribution in [3.63, 3.8) is 0 Å². The summed E-state index contributed by atoms with van der Waals surface area (Å²) in [4.78, 5) is 26.6. The van der Waals surface area contributed by atoms with Crippen LogP contribution in [-0.2, 0) is 9.59 Å². The topological polar surface area (TPSA) is 100 Å². The molecule has 1 aromatic carbocycles. The van der Waals surface area contributed by atoms with Gasteiger partial charge in [-0.25, -0.2) is 0 Å². The fourth-order valence-corrected chi connectivity index (χ4v) is 2.09. The largest absolute Gasteiger partial charge is 0.494 e. The molecule has 0 aliphatic carbocycles. The first-order chi connectivity index (χ1) is 11.1. The molecule has 1 amide bonds. The summed E-state index contributed by atoms with van der Waals surface area (Å²) in [6.07, 6.45) is 0.946. The molecule has 124 valence electrons. The molecule has 0 fully saturated rings. The van der Waals surface area contributed by atoms with Crippen molar-refractivity contribution in [2.24, 2.45) is 4.99 Å². The van der Waals surface area contributed by atoms with Crippen molar-refractivity contribution in [3.8, 4) is 5.75 Å². The number of nitrogens with zero attached hydrogens (tertiary/aromatic N) is 1. The molecule has 1 heterocycles. The number of amides is 1. The number of benzene rings is 1. The lowest BCUT2D eigenvalue weighted by Gasteiger charge is -2.09. The number of carbonyl (C=O) groups excluding carboxylic acids is 1. The molecule has 0 radical (unpaired) electrons. The quantitative estimate of drug-likeness (QED) is 0.654. The molecule has 0 saturated carbocycles. The van der Waals surface area contributed by atoms with Crippen LogP contribution in [0.25, 0.3) is 0 Å². The Morgan fingerprint density at radius 1 is 1.39 bits per heavy atom. The molecule has 0 saturated heterocycles. The van der Waals surface area contributed by atoms with E-state index in [1.807, 2.05) is 0 Å². The monoisotopic (exact) mass is 319 g/mol. The van der Waals surface area contributed by atoms with Crippen molar-refractivity contribution < 1.29 is 19.4 Å². The van der Waals surface area contributed by atoms with Crippen LogP contribution in [0.3, 0.4) is 0 Å². The summed E-state index contributed by atoms with van der Waals surface area (Å²) in [5, 5.41) is 14.6. The Balaban J connectivity index is 1.67. The van der Waals surface area contributed by atoms with Gasteiger partial charge in [0.05, 0.1) is 19.1 Å². The highest BCUT2D eigenvalue weighted by Gasteiger charge is 2.13. The highest BCUT2D eigenvalue weighted by atomic mass is 16.5. The molecule has 1 aromatic rings. The van der Waals surface area contributed by atoms with Gasteiger partial charge in [-0.15, -0.1) is 0 Å². The first kappa shape index (κ1) is 16.8. The number of nitrogens with one attached hydrogen (secondary N) is 2. The second kappa shape index (κ2) is 8.17. The fourth-order valence-electron chi connectivity index (χ4n) is 2.09. The first-order valence-electron chi connectivity index (χ1n) is 7.60. The van der Waals surface area contributed by atoms with E-state index in [0.717, 1.165) is 12.1 Å². The third-order valence-electron chi connectivity index (χ3n) is 3.50. The van der Waals surface area contributed by atoms with Crippen LogP contribution < -0.4 is 15.4 Å². The van der Waals surface area contributed by atoms with E-state index in [9.17, 15) is 9.59 Å². The zero-order chi connectivity index (χ0) is 16.7. The number of hydrogen-bond donors (Lipinski definition) is 3. The van der Waals surface area contributed by atoms with E-state index >= 15 is 0 Å². The fraction of sp³-hybridized carbons (Fsp3) is 0.438. The van der Waals surface area contributed by atoms with Gasteiger partial charge in [-0.3, -0.25) is 19.9 Å². The van der Waals surface area contributed by atoms with Crippen molar-refractivity contribution in [1.29, 1.82) is 0 Å². The number of rotatable bonds is 7. The van der Waals surface area contributed by atoms with E-state index in [1.54, 1.807) is 31.2 Å². The smallest absolute Gasteiger partial charge is 0.310 e. The molecule has 1 atom stereocenters. The summed E-state index contributed by atoms with van der Waals surface area (Å²) in [7, 11) is 0. The maximum atomic E-state index is 11.7. The van der Waals surface area contributed by atoms with Gasteiger partial charge >= 0.3 is 5.97 Å². The first-order valence-corrected chi connectivity index (χ1v) is 7.60. The molecule has 23 heavy (non-hydrogen) atoms. The lowest BCUT2D eigenvalue weighted by Crippen LogP contribution is -2.38. The van der Waals surface area contributed by atoms with Gasteiger partial charge in [0.15, 0.2) is 5.96 Å². The predicted octanol–water partition coefficient (Wildman–Crippen LogP) is 1.11. The highest BCUT2D eigenvalue weighted by Crippen LogP contribution is 2.19. The maximum absolute atomic E-state index is 11.7. The van der Waals surface area contributed by atoms with Crippen LogP contribution in [0.15, 0.2) is 29.3 Å². The molecule has 0 bridgehead atoms. The van der Waals surface area contributed by atoms with Gasteiger partial charge in [-0.05, 0) is 31.0 Å². The molecule has 1 unspecified atom stereocenters. The number of guanidine groups is 1. The number of aliphatic carboxylic acids is 1. The second-order valence-corrected chi connectivity index (χ2v) is 5.29. The lowest BCUT2D eigenvalue weighted by atomic mass is 10.0. The van der Waals surface area contributed by atoms with E-state index in [-0.39, 0.29) is 5.91 Å². The molecule has 1 aliphatic heterocycles. The molecule has 2 rings (SSSR count). The van der Waals surface area contributed by atoms with Crippen LogP contribution >= 0.6 is 0 Å². The van der Waals surface area contributed by atoms with Gasteiger partial charge < -0.3 is 15.2 Å². The van der Waals surface area contributed by atoms with Crippen LogP contribution in [0.2, 0.25) is 0 Å². The molecular formula is C16H21N3O4. The SMILES string of the molecule is CC(C(=O)O)c1ccc(OCCCC(=O)NC2=NCCN2)cc1. The van der Waals surface area contributed by atoms with E-state index in [2.05, 4.69) is 15.6 Å². The average molecular weight is 319 g/mol. The van der Waals surface area contributed by atoms with Crippen molar-refractivity contribution in [3.05, 3.63) is 29.8 Å². The van der Waals surface area contributed by atoms with Crippen molar-refractivity contribution >= 4 is 17.8 Å². The molecular weight excluding hydrogens is 298 g/mol. The minimum absolute atomic E-state index is 0.0904. The molecule has 7 heteroatoms. The Kier molecular flexibility index (Phi) is 5.96. The van der Waals surface area contributed by atoms with Crippen LogP contribution in [0.4, 0.5) is 0 Å². The number of carbonyl (C=O) groups is 2. The summed E-state index contributed by atoms with van der Waals surface area (Å²) in [5.41, 5.74) is 0.731. The third-order valence-corrected chi connectivity index (χ3v) is 3.50. The van der Waals surface area contributed by atoms with Crippen molar-refractivity contribution in [2.75, 3.05) is 19.7 Å². The Bertz CT molecular complexity index is 583. The lowest BCUT2D eigenvalue weighted by molar-refractivity contribution is -0.138. The predicted molar refractivity (Wildman–Crippen MR) is 85.7 cm³/mol. The number of hydrogen-bond acceptors (Lipinski definition) is 5. The van der Waals surface area contributed by atoms with Crippen LogP contribution in [-0.4, -0.2) is 42.6 Å². The van der Waals surface area contributed by atoms with Crippen molar-refractivity contribution in [1.82, 2.24) is 10.6 Å².